The third kappa shape index (κ3) is 2.07. The van der Waals surface area contributed by atoms with Crippen LogP contribution in [0, 0.1) is 6.92 Å². The number of hydrogen-bond donors (Lipinski definition) is 1. The lowest BCUT2D eigenvalue weighted by molar-refractivity contribution is 0.734. The van der Waals surface area contributed by atoms with E-state index in [2.05, 4.69) is 44.0 Å². The number of aromatic nitrogens is 1. The quantitative estimate of drug-likeness (QED) is 0.876. The Morgan fingerprint density at radius 3 is 2.61 bits per heavy atom. The fraction of sp³-hybridized carbons (Fsp3) is 0.438. The van der Waals surface area contributed by atoms with Crippen LogP contribution in [0.4, 0.5) is 5.69 Å². The van der Waals surface area contributed by atoms with E-state index in [0.717, 1.165) is 35.1 Å². The molecule has 0 amide bonds. The molecule has 0 fully saturated rings. The third-order valence-corrected chi connectivity index (χ3v) is 3.90. The molecule has 0 spiro atoms. The van der Waals surface area contributed by atoms with Crippen LogP contribution in [0.3, 0.4) is 0 Å². The van der Waals surface area contributed by atoms with E-state index >= 15 is 0 Å². The molecule has 18 heavy (non-hydrogen) atoms. The molecule has 0 saturated carbocycles. The molecule has 0 aliphatic rings. The molecule has 0 aliphatic carbocycles. The Hall–Kier alpha value is -1.57. The average molecular weight is 242 g/mol. The molecule has 1 aromatic heterocycles. The Morgan fingerprint density at radius 1 is 1.28 bits per heavy atom. The number of pyridine rings is 1. The first-order valence-electron chi connectivity index (χ1n) is 6.77. The van der Waals surface area contributed by atoms with Crippen molar-refractivity contribution in [3.05, 3.63) is 35.0 Å². The predicted molar refractivity (Wildman–Crippen MR) is 79.0 cm³/mol. The molecule has 0 saturated heterocycles. The Kier molecular flexibility index (Phi) is 3.55. The van der Waals surface area contributed by atoms with Crippen LogP contribution in [0.1, 0.15) is 49.9 Å². The molecule has 2 N–H and O–H groups in total. The summed E-state index contributed by atoms with van der Waals surface area (Å²) in [5.41, 5.74) is 11.8. The smallest absolute Gasteiger partial charge is 0.0726 e. The number of aryl methyl sites for hydroxylation is 1. The van der Waals surface area contributed by atoms with E-state index in [0.29, 0.717) is 5.92 Å². The minimum Gasteiger partial charge on any atom is -0.398 e. The second-order valence-electron chi connectivity index (χ2n) is 5.03. The van der Waals surface area contributed by atoms with E-state index < -0.39 is 0 Å². The van der Waals surface area contributed by atoms with Gasteiger partial charge in [0, 0.05) is 16.8 Å². The maximum Gasteiger partial charge on any atom is 0.0726 e. The first-order chi connectivity index (χ1) is 8.58. The number of benzene rings is 1. The second-order valence-corrected chi connectivity index (χ2v) is 5.03. The fourth-order valence-corrected chi connectivity index (χ4v) is 2.46. The second kappa shape index (κ2) is 4.97. The van der Waals surface area contributed by atoms with Crippen molar-refractivity contribution >= 4 is 16.6 Å². The van der Waals surface area contributed by atoms with Crippen LogP contribution in [0.2, 0.25) is 0 Å². The molecular weight excluding hydrogens is 220 g/mol. The molecular formula is C16H22N2. The van der Waals surface area contributed by atoms with Crippen molar-refractivity contribution in [3.63, 3.8) is 0 Å². The van der Waals surface area contributed by atoms with Crippen molar-refractivity contribution in [2.24, 2.45) is 0 Å². The highest BCUT2D eigenvalue weighted by atomic mass is 14.7. The zero-order chi connectivity index (χ0) is 13.3. The zero-order valence-electron chi connectivity index (χ0n) is 11.7. The van der Waals surface area contributed by atoms with Gasteiger partial charge < -0.3 is 5.73 Å². The average Bonchev–Trinajstić information content (AvgIpc) is 2.38. The molecule has 0 radical (unpaired) electrons. The molecule has 2 rings (SSSR count). The number of hydrogen-bond acceptors (Lipinski definition) is 2. The Labute approximate surface area is 109 Å². The van der Waals surface area contributed by atoms with Gasteiger partial charge >= 0.3 is 0 Å². The normalized spacial score (nSPS) is 12.9. The summed E-state index contributed by atoms with van der Waals surface area (Å²) in [6.45, 7) is 8.63. The summed E-state index contributed by atoms with van der Waals surface area (Å²) in [6.07, 6.45) is 2.08. The van der Waals surface area contributed by atoms with Gasteiger partial charge in [-0.1, -0.05) is 26.8 Å². The first kappa shape index (κ1) is 12.9. The Balaban J connectivity index is 2.68. The summed E-state index contributed by atoms with van der Waals surface area (Å²) < 4.78 is 0. The van der Waals surface area contributed by atoms with Gasteiger partial charge in [0.1, 0.15) is 0 Å². The van der Waals surface area contributed by atoms with Crippen molar-refractivity contribution in [1.29, 1.82) is 0 Å². The van der Waals surface area contributed by atoms with Crippen molar-refractivity contribution in [2.75, 3.05) is 5.73 Å². The number of nitrogens with two attached hydrogens (primary N) is 1. The lowest BCUT2D eigenvalue weighted by Crippen LogP contribution is -2.01. The number of rotatable bonds is 3. The van der Waals surface area contributed by atoms with Gasteiger partial charge in [0.05, 0.1) is 5.52 Å². The monoisotopic (exact) mass is 242 g/mol. The molecule has 0 bridgehead atoms. The largest absolute Gasteiger partial charge is 0.398 e. The molecule has 2 nitrogen and oxygen atoms in total. The number of nitrogens with zero attached hydrogens (tertiary/aromatic N) is 1. The molecule has 2 heteroatoms. The van der Waals surface area contributed by atoms with E-state index in [1.807, 2.05) is 6.92 Å². The van der Waals surface area contributed by atoms with E-state index in [4.69, 9.17) is 5.73 Å². The lowest BCUT2D eigenvalue weighted by Gasteiger charge is -2.14. The lowest BCUT2D eigenvalue weighted by atomic mass is 9.95. The summed E-state index contributed by atoms with van der Waals surface area (Å²) in [6, 6.07) is 6.48. The van der Waals surface area contributed by atoms with Gasteiger partial charge in [-0.25, -0.2) is 0 Å². The van der Waals surface area contributed by atoms with Crippen molar-refractivity contribution < 1.29 is 0 Å². The van der Waals surface area contributed by atoms with Gasteiger partial charge in [0.15, 0.2) is 0 Å². The highest BCUT2D eigenvalue weighted by molar-refractivity contribution is 5.92. The van der Waals surface area contributed by atoms with Gasteiger partial charge in [0.25, 0.3) is 0 Å². The molecule has 2 aromatic rings. The summed E-state index contributed by atoms with van der Waals surface area (Å²) in [5.74, 6) is 0.570. The summed E-state index contributed by atoms with van der Waals surface area (Å²) in [7, 11) is 0. The summed E-state index contributed by atoms with van der Waals surface area (Å²) in [4.78, 5) is 4.65. The van der Waals surface area contributed by atoms with E-state index in [1.165, 1.54) is 11.1 Å². The minimum absolute atomic E-state index is 0.570. The number of fused-ring (bicyclic) bond motifs is 1. The first-order valence-corrected chi connectivity index (χ1v) is 6.77. The van der Waals surface area contributed by atoms with Crippen LogP contribution in [0.25, 0.3) is 10.9 Å². The number of anilines is 1. The minimum atomic E-state index is 0.570. The SMILES string of the molecule is CCc1c(C)nc2ccc(C(C)CC)cc2c1N. The molecule has 0 aliphatic heterocycles. The van der Waals surface area contributed by atoms with Gasteiger partial charge in [-0.3, -0.25) is 4.98 Å². The highest BCUT2D eigenvalue weighted by Gasteiger charge is 2.10. The Bertz CT molecular complexity index is 573. The van der Waals surface area contributed by atoms with Crippen LogP contribution in [-0.2, 0) is 6.42 Å². The van der Waals surface area contributed by atoms with Crippen LogP contribution in [0.5, 0.6) is 0 Å². The van der Waals surface area contributed by atoms with Crippen LogP contribution in [0.15, 0.2) is 18.2 Å². The van der Waals surface area contributed by atoms with Gasteiger partial charge in [0.2, 0.25) is 0 Å². The van der Waals surface area contributed by atoms with Crippen molar-refractivity contribution in [3.8, 4) is 0 Å². The molecule has 96 valence electrons. The standard InChI is InChI=1S/C16H22N2/c1-5-10(3)12-7-8-15-14(9-12)16(17)13(6-2)11(4)18-15/h7-10H,5-6H2,1-4H3,(H2,17,18). The van der Waals surface area contributed by atoms with Gasteiger partial charge in [-0.15, -0.1) is 0 Å². The molecule has 1 unspecified atom stereocenters. The predicted octanol–water partition coefficient (Wildman–Crippen LogP) is 4.20. The Morgan fingerprint density at radius 2 is 2.00 bits per heavy atom. The molecule has 1 atom stereocenters. The van der Waals surface area contributed by atoms with E-state index in [9.17, 15) is 0 Å². The van der Waals surface area contributed by atoms with E-state index in [1.54, 1.807) is 0 Å². The van der Waals surface area contributed by atoms with Gasteiger partial charge in [-0.2, -0.15) is 0 Å². The highest BCUT2D eigenvalue weighted by Crippen LogP contribution is 2.29. The topological polar surface area (TPSA) is 38.9 Å². The molecule has 1 heterocycles. The molecule has 1 aromatic carbocycles. The summed E-state index contributed by atoms with van der Waals surface area (Å²) >= 11 is 0. The summed E-state index contributed by atoms with van der Waals surface area (Å²) in [5, 5.41) is 1.11. The maximum absolute atomic E-state index is 6.30. The van der Waals surface area contributed by atoms with Crippen molar-refractivity contribution in [2.45, 2.75) is 46.5 Å². The third-order valence-electron chi connectivity index (χ3n) is 3.90. The van der Waals surface area contributed by atoms with Crippen LogP contribution >= 0.6 is 0 Å². The maximum atomic E-state index is 6.30. The zero-order valence-corrected chi connectivity index (χ0v) is 11.7. The number of nitrogen functional groups attached to an aromatic ring is 1. The van der Waals surface area contributed by atoms with E-state index in [-0.39, 0.29) is 0 Å². The van der Waals surface area contributed by atoms with Gasteiger partial charge in [-0.05, 0) is 48.9 Å². The van der Waals surface area contributed by atoms with Crippen LogP contribution in [-0.4, -0.2) is 4.98 Å². The van der Waals surface area contributed by atoms with Crippen LogP contribution < -0.4 is 5.73 Å². The van der Waals surface area contributed by atoms with Crippen molar-refractivity contribution in [1.82, 2.24) is 4.98 Å². The fourth-order valence-electron chi connectivity index (χ4n) is 2.46.